The number of benzene rings is 3. The van der Waals surface area contributed by atoms with E-state index in [1.165, 1.54) is 48.4 Å². The van der Waals surface area contributed by atoms with Gasteiger partial charge in [0.1, 0.15) is 5.75 Å². The standard InChI is InChI=1S/C29H28N2O2/c32-20-21-10-17-29(31-18-21)33-28-16-13-24(26-8-4-5-9-27(26)28)19-30-25-14-11-23(12-15-25)22-6-2-1-3-7-22/h1-10,13,16-18,20,23,25,30H,11-12,14-15,19H2. The fourth-order valence-electron chi connectivity index (χ4n) is 4.82. The number of rotatable bonds is 7. The third-order valence-electron chi connectivity index (χ3n) is 6.66. The van der Waals surface area contributed by atoms with Crippen molar-refractivity contribution in [1.82, 2.24) is 10.3 Å². The minimum absolute atomic E-state index is 0.479. The zero-order valence-electron chi connectivity index (χ0n) is 18.6. The number of nitrogens with zero attached hydrogens (tertiary/aromatic N) is 1. The molecule has 1 N–H and O–H groups in total. The van der Waals surface area contributed by atoms with E-state index in [-0.39, 0.29) is 0 Å². The normalized spacial score (nSPS) is 18.2. The van der Waals surface area contributed by atoms with Crippen molar-refractivity contribution in [1.29, 1.82) is 0 Å². The van der Waals surface area contributed by atoms with Crippen LogP contribution in [0.2, 0.25) is 0 Å². The number of pyridine rings is 1. The minimum Gasteiger partial charge on any atom is -0.438 e. The maximum absolute atomic E-state index is 10.9. The molecule has 33 heavy (non-hydrogen) atoms. The van der Waals surface area contributed by atoms with Crippen molar-refractivity contribution in [3.63, 3.8) is 0 Å². The van der Waals surface area contributed by atoms with Gasteiger partial charge in [0.2, 0.25) is 5.88 Å². The summed E-state index contributed by atoms with van der Waals surface area (Å²) < 4.78 is 6.05. The van der Waals surface area contributed by atoms with Crippen LogP contribution < -0.4 is 10.1 Å². The van der Waals surface area contributed by atoms with E-state index >= 15 is 0 Å². The van der Waals surface area contributed by atoms with E-state index in [1.54, 1.807) is 12.1 Å². The molecule has 1 fully saturated rings. The van der Waals surface area contributed by atoms with Crippen LogP contribution in [0, 0.1) is 0 Å². The van der Waals surface area contributed by atoms with Gasteiger partial charge in [-0.05, 0) is 60.2 Å². The van der Waals surface area contributed by atoms with Crippen molar-refractivity contribution in [2.75, 3.05) is 0 Å². The molecule has 1 aromatic heterocycles. The Morgan fingerprint density at radius 1 is 0.848 bits per heavy atom. The number of ether oxygens (including phenoxy) is 1. The molecule has 4 aromatic rings. The summed E-state index contributed by atoms with van der Waals surface area (Å²) in [7, 11) is 0. The van der Waals surface area contributed by atoms with Crippen LogP contribution >= 0.6 is 0 Å². The van der Waals surface area contributed by atoms with E-state index in [1.807, 2.05) is 12.1 Å². The van der Waals surface area contributed by atoms with Gasteiger partial charge < -0.3 is 10.1 Å². The largest absolute Gasteiger partial charge is 0.438 e. The van der Waals surface area contributed by atoms with Gasteiger partial charge >= 0.3 is 0 Å². The van der Waals surface area contributed by atoms with Gasteiger partial charge in [0.15, 0.2) is 6.29 Å². The van der Waals surface area contributed by atoms with Crippen LogP contribution in [0.15, 0.2) is 85.1 Å². The average molecular weight is 437 g/mol. The molecule has 1 heterocycles. The quantitative estimate of drug-likeness (QED) is 0.329. The van der Waals surface area contributed by atoms with Gasteiger partial charge in [0.05, 0.1) is 0 Å². The van der Waals surface area contributed by atoms with Crippen molar-refractivity contribution in [3.05, 3.63) is 102 Å². The van der Waals surface area contributed by atoms with Crippen molar-refractivity contribution < 1.29 is 9.53 Å². The first kappa shape index (κ1) is 21.4. The maximum atomic E-state index is 10.9. The summed E-state index contributed by atoms with van der Waals surface area (Å²) in [5.74, 6) is 1.94. The molecule has 1 aliphatic carbocycles. The fraction of sp³-hybridized carbons (Fsp3) is 0.241. The van der Waals surface area contributed by atoms with Gasteiger partial charge in [0, 0.05) is 35.8 Å². The van der Waals surface area contributed by atoms with E-state index in [4.69, 9.17) is 4.74 Å². The van der Waals surface area contributed by atoms with Crippen LogP contribution in [-0.2, 0) is 6.54 Å². The number of hydrogen-bond acceptors (Lipinski definition) is 4. The molecule has 0 atom stereocenters. The van der Waals surface area contributed by atoms with Crippen LogP contribution in [0.3, 0.4) is 0 Å². The lowest BCUT2D eigenvalue weighted by Gasteiger charge is -2.29. The molecule has 166 valence electrons. The minimum atomic E-state index is 0.479. The van der Waals surface area contributed by atoms with Gasteiger partial charge in [-0.25, -0.2) is 4.98 Å². The summed E-state index contributed by atoms with van der Waals surface area (Å²) in [4.78, 5) is 15.1. The zero-order valence-corrected chi connectivity index (χ0v) is 18.6. The number of carbonyl (C=O) groups excluding carboxylic acids is 1. The Morgan fingerprint density at radius 2 is 1.61 bits per heavy atom. The smallest absolute Gasteiger partial charge is 0.219 e. The summed E-state index contributed by atoms with van der Waals surface area (Å²) in [6, 6.07) is 27.4. The molecular weight excluding hydrogens is 408 g/mol. The maximum Gasteiger partial charge on any atom is 0.219 e. The SMILES string of the molecule is O=Cc1ccc(Oc2ccc(CNC3CCC(c4ccccc4)CC3)c3ccccc23)nc1. The third-order valence-corrected chi connectivity index (χ3v) is 6.66. The van der Waals surface area contributed by atoms with Gasteiger partial charge in [-0.1, -0.05) is 60.7 Å². The summed E-state index contributed by atoms with van der Waals surface area (Å²) in [6.07, 6.45) is 7.20. The third kappa shape index (κ3) is 4.96. The predicted molar refractivity (Wildman–Crippen MR) is 132 cm³/mol. The second kappa shape index (κ2) is 9.97. The lowest BCUT2D eigenvalue weighted by Crippen LogP contribution is -2.32. The van der Waals surface area contributed by atoms with Crippen LogP contribution in [0.1, 0.15) is 53.1 Å². The van der Waals surface area contributed by atoms with Crippen molar-refractivity contribution in [2.45, 2.75) is 44.2 Å². The Labute approximate surface area is 194 Å². The summed E-state index contributed by atoms with van der Waals surface area (Å²) in [6.45, 7) is 0.841. The highest BCUT2D eigenvalue weighted by molar-refractivity contribution is 5.91. The molecular formula is C29H28N2O2. The van der Waals surface area contributed by atoms with E-state index < -0.39 is 0 Å². The summed E-state index contributed by atoms with van der Waals surface area (Å²) in [5, 5.41) is 6.04. The van der Waals surface area contributed by atoms with Crippen LogP contribution in [0.5, 0.6) is 11.6 Å². The van der Waals surface area contributed by atoms with E-state index in [0.29, 0.717) is 23.4 Å². The van der Waals surface area contributed by atoms with Gasteiger partial charge in [-0.15, -0.1) is 0 Å². The summed E-state index contributed by atoms with van der Waals surface area (Å²) in [5.41, 5.74) is 3.28. The topological polar surface area (TPSA) is 51.2 Å². The number of fused-ring (bicyclic) bond motifs is 1. The number of hydrogen-bond donors (Lipinski definition) is 1. The number of aldehydes is 1. The number of nitrogens with one attached hydrogen (secondary N) is 1. The Bertz CT molecular complexity index is 1210. The van der Waals surface area contributed by atoms with Crippen molar-refractivity contribution in [3.8, 4) is 11.6 Å². The monoisotopic (exact) mass is 436 g/mol. The molecule has 0 saturated heterocycles. The van der Waals surface area contributed by atoms with Crippen LogP contribution in [-0.4, -0.2) is 17.3 Å². The first-order chi connectivity index (χ1) is 16.3. The fourth-order valence-corrected chi connectivity index (χ4v) is 4.82. The molecule has 4 heteroatoms. The Hall–Kier alpha value is -3.50. The zero-order chi connectivity index (χ0) is 22.5. The molecule has 0 unspecified atom stereocenters. The molecule has 5 rings (SSSR count). The predicted octanol–water partition coefficient (Wildman–Crippen LogP) is 6.66. The van der Waals surface area contributed by atoms with Crippen LogP contribution in [0.4, 0.5) is 0 Å². The highest BCUT2D eigenvalue weighted by Crippen LogP contribution is 2.34. The average Bonchev–Trinajstić information content (AvgIpc) is 2.89. The highest BCUT2D eigenvalue weighted by atomic mass is 16.5. The molecule has 0 aliphatic heterocycles. The van der Waals surface area contributed by atoms with Gasteiger partial charge in [-0.3, -0.25) is 4.79 Å². The van der Waals surface area contributed by atoms with E-state index in [0.717, 1.165) is 24.0 Å². The van der Waals surface area contributed by atoms with Crippen molar-refractivity contribution in [2.24, 2.45) is 0 Å². The Morgan fingerprint density at radius 3 is 2.33 bits per heavy atom. The van der Waals surface area contributed by atoms with Crippen LogP contribution in [0.25, 0.3) is 10.8 Å². The molecule has 1 saturated carbocycles. The molecule has 0 spiro atoms. The van der Waals surface area contributed by atoms with E-state index in [2.05, 4.69) is 64.9 Å². The number of carbonyl (C=O) groups is 1. The number of aromatic nitrogens is 1. The molecule has 4 nitrogen and oxygen atoms in total. The molecule has 0 bridgehead atoms. The van der Waals surface area contributed by atoms with Crippen molar-refractivity contribution >= 4 is 17.1 Å². The highest BCUT2D eigenvalue weighted by Gasteiger charge is 2.22. The van der Waals surface area contributed by atoms with E-state index in [9.17, 15) is 4.79 Å². The molecule has 0 radical (unpaired) electrons. The molecule has 1 aliphatic rings. The second-order valence-corrected chi connectivity index (χ2v) is 8.76. The Balaban J connectivity index is 1.25. The summed E-state index contributed by atoms with van der Waals surface area (Å²) >= 11 is 0. The molecule has 3 aromatic carbocycles. The Kier molecular flexibility index (Phi) is 6.45. The lowest BCUT2D eigenvalue weighted by molar-refractivity contribution is 0.112. The second-order valence-electron chi connectivity index (χ2n) is 8.76. The van der Waals surface area contributed by atoms with Gasteiger partial charge in [0.25, 0.3) is 0 Å². The van der Waals surface area contributed by atoms with Gasteiger partial charge in [-0.2, -0.15) is 0 Å². The first-order valence-electron chi connectivity index (χ1n) is 11.7. The molecule has 0 amide bonds. The first-order valence-corrected chi connectivity index (χ1v) is 11.7. The lowest BCUT2D eigenvalue weighted by atomic mass is 9.82.